The van der Waals surface area contributed by atoms with Gasteiger partial charge in [-0.05, 0) is 56.9 Å². The SMILES string of the molecule is C[C@@H]1CCCN1C(=O)CN1CCC(Nc2cccc3ncccc23)CC1. The number of piperidine rings is 1. The Bertz CT molecular complexity index is 764. The number of amides is 1. The molecule has 1 amide bonds. The predicted molar refractivity (Wildman–Crippen MR) is 105 cm³/mol. The van der Waals surface area contributed by atoms with E-state index in [-0.39, 0.29) is 0 Å². The Morgan fingerprint density at radius 2 is 2.00 bits per heavy atom. The molecule has 2 aliphatic rings. The lowest BCUT2D eigenvalue weighted by Gasteiger charge is -2.34. The number of nitrogens with zero attached hydrogens (tertiary/aromatic N) is 3. The van der Waals surface area contributed by atoms with Gasteiger partial charge in [0, 0.05) is 49.0 Å². The number of aromatic nitrogens is 1. The van der Waals surface area contributed by atoms with Crippen molar-refractivity contribution in [3.05, 3.63) is 36.5 Å². The Morgan fingerprint density at radius 3 is 2.77 bits per heavy atom. The monoisotopic (exact) mass is 352 g/mol. The van der Waals surface area contributed by atoms with Gasteiger partial charge in [-0.1, -0.05) is 6.07 Å². The van der Waals surface area contributed by atoms with Crippen LogP contribution in [0.1, 0.15) is 32.6 Å². The lowest BCUT2D eigenvalue weighted by atomic mass is 10.0. The average molecular weight is 352 g/mol. The molecule has 1 aromatic carbocycles. The maximum absolute atomic E-state index is 12.5. The van der Waals surface area contributed by atoms with Crippen LogP contribution in [0.3, 0.4) is 0 Å². The molecule has 1 N–H and O–H groups in total. The predicted octanol–water partition coefficient (Wildman–Crippen LogP) is 3.12. The molecule has 0 radical (unpaired) electrons. The lowest BCUT2D eigenvalue weighted by molar-refractivity contribution is -0.133. The van der Waals surface area contributed by atoms with Crippen molar-refractivity contribution in [2.45, 2.75) is 44.7 Å². The highest BCUT2D eigenvalue weighted by Gasteiger charge is 2.28. The molecule has 0 bridgehead atoms. The highest BCUT2D eigenvalue weighted by atomic mass is 16.2. The number of likely N-dealkylation sites (tertiary alicyclic amines) is 2. The smallest absolute Gasteiger partial charge is 0.236 e. The first-order chi connectivity index (χ1) is 12.7. The zero-order valence-electron chi connectivity index (χ0n) is 15.5. The molecule has 0 unspecified atom stereocenters. The molecule has 1 atom stereocenters. The molecule has 2 saturated heterocycles. The van der Waals surface area contributed by atoms with Gasteiger partial charge >= 0.3 is 0 Å². The van der Waals surface area contributed by atoms with E-state index in [1.54, 1.807) is 0 Å². The number of hydrogen-bond donors (Lipinski definition) is 1. The minimum absolute atomic E-state index is 0.307. The number of carbonyl (C=O) groups is 1. The highest BCUT2D eigenvalue weighted by Crippen LogP contribution is 2.24. The molecule has 2 fully saturated rings. The van der Waals surface area contributed by atoms with Crippen LogP contribution < -0.4 is 5.32 Å². The van der Waals surface area contributed by atoms with E-state index in [1.807, 2.05) is 18.3 Å². The summed E-state index contributed by atoms with van der Waals surface area (Å²) in [6.45, 7) is 5.64. The molecule has 4 rings (SSSR count). The van der Waals surface area contributed by atoms with E-state index in [4.69, 9.17) is 0 Å². The number of anilines is 1. The summed E-state index contributed by atoms with van der Waals surface area (Å²) in [5.41, 5.74) is 2.19. The van der Waals surface area contributed by atoms with Crippen molar-refractivity contribution in [3.63, 3.8) is 0 Å². The number of carbonyl (C=O) groups excluding carboxylic acids is 1. The van der Waals surface area contributed by atoms with Crippen LogP contribution in [-0.2, 0) is 4.79 Å². The van der Waals surface area contributed by atoms with Gasteiger partial charge in [0.2, 0.25) is 5.91 Å². The van der Waals surface area contributed by atoms with Gasteiger partial charge in [-0.25, -0.2) is 0 Å². The van der Waals surface area contributed by atoms with Crippen LogP contribution in [0.4, 0.5) is 5.69 Å². The van der Waals surface area contributed by atoms with E-state index in [2.05, 4.69) is 45.2 Å². The van der Waals surface area contributed by atoms with Gasteiger partial charge in [0.05, 0.1) is 12.1 Å². The van der Waals surface area contributed by atoms with Crippen LogP contribution in [-0.4, -0.2) is 59.0 Å². The zero-order valence-corrected chi connectivity index (χ0v) is 15.5. The first kappa shape index (κ1) is 17.3. The second-order valence-corrected chi connectivity index (χ2v) is 7.65. The molecule has 2 aliphatic heterocycles. The summed E-state index contributed by atoms with van der Waals surface area (Å²) in [6.07, 6.45) is 6.28. The molecule has 5 heteroatoms. The van der Waals surface area contributed by atoms with Gasteiger partial charge in [0.15, 0.2) is 0 Å². The van der Waals surface area contributed by atoms with Crippen molar-refractivity contribution in [2.24, 2.45) is 0 Å². The highest BCUT2D eigenvalue weighted by molar-refractivity contribution is 5.91. The largest absolute Gasteiger partial charge is 0.382 e. The molecule has 5 nitrogen and oxygen atoms in total. The van der Waals surface area contributed by atoms with E-state index < -0.39 is 0 Å². The number of nitrogens with one attached hydrogen (secondary N) is 1. The maximum atomic E-state index is 12.5. The van der Waals surface area contributed by atoms with Crippen molar-refractivity contribution < 1.29 is 4.79 Å². The van der Waals surface area contributed by atoms with Crippen molar-refractivity contribution in [1.29, 1.82) is 0 Å². The molecule has 26 heavy (non-hydrogen) atoms. The van der Waals surface area contributed by atoms with Gasteiger partial charge in [-0.2, -0.15) is 0 Å². The minimum Gasteiger partial charge on any atom is -0.382 e. The number of hydrogen-bond acceptors (Lipinski definition) is 4. The molecule has 0 aliphatic carbocycles. The number of benzene rings is 1. The van der Waals surface area contributed by atoms with Crippen LogP contribution in [0.15, 0.2) is 36.5 Å². The van der Waals surface area contributed by atoms with E-state index in [9.17, 15) is 4.79 Å². The van der Waals surface area contributed by atoms with Gasteiger partial charge in [-0.3, -0.25) is 14.7 Å². The summed E-state index contributed by atoms with van der Waals surface area (Å²) >= 11 is 0. The molecule has 1 aromatic heterocycles. The van der Waals surface area contributed by atoms with Gasteiger partial charge < -0.3 is 10.2 Å². The summed E-state index contributed by atoms with van der Waals surface area (Å²) in [4.78, 5) is 21.3. The second-order valence-electron chi connectivity index (χ2n) is 7.65. The molecule has 0 spiro atoms. The Labute approximate surface area is 155 Å². The van der Waals surface area contributed by atoms with E-state index >= 15 is 0 Å². The molecule has 138 valence electrons. The second kappa shape index (κ2) is 7.62. The third-order valence-corrected chi connectivity index (χ3v) is 5.83. The Morgan fingerprint density at radius 1 is 1.15 bits per heavy atom. The number of rotatable bonds is 4. The third-order valence-electron chi connectivity index (χ3n) is 5.83. The van der Waals surface area contributed by atoms with Crippen molar-refractivity contribution in [1.82, 2.24) is 14.8 Å². The molecule has 0 saturated carbocycles. The fourth-order valence-corrected chi connectivity index (χ4v) is 4.27. The minimum atomic E-state index is 0.307. The molecule has 3 heterocycles. The third kappa shape index (κ3) is 3.68. The van der Waals surface area contributed by atoms with Gasteiger partial charge in [0.1, 0.15) is 0 Å². The first-order valence-corrected chi connectivity index (χ1v) is 9.83. The summed E-state index contributed by atoms with van der Waals surface area (Å²) in [5.74, 6) is 0.307. The van der Waals surface area contributed by atoms with Crippen LogP contribution in [0.25, 0.3) is 10.9 Å². The summed E-state index contributed by atoms with van der Waals surface area (Å²) in [6, 6.07) is 11.2. The Balaban J connectivity index is 1.31. The van der Waals surface area contributed by atoms with Crippen molar-refractivity contribution in [2.75, 3.05) is 31.5 Å². The fraction of sp³-hybridized carbons (Fsp3) is 0.524. The normalized spacial score (nSPS) is 22.0. The van der Waals surface area contributed by atoms with E-state index in [1.165, 1.54) is 5.39 Å². The van der Waals surface area contributed by atoms with E-state index in [0.717, 1.165) is 56.5 Å². The summed E-state index contributed by atoms with van der Waals surface area (Å²) < 4.78 is 0. The van der Waals surface area contributed by atoms with Crippen molar-refractivity contribution in [3.8, 4) is 0 Å². The Hall–Kier alpha value is -2.14. The average Bonchev–Trinajstić information content (AvgIpc) is 3.10. The summed E-state index contributed by atoms with van der Waals surface area (Å²) in [5, 5.41) is 4.87. The van der Waals surface area contributed by atoms with Crippen molar-refractivity contribution >= 4 is 22.5 Å². The molecular formula is C21H28N4O. The standard InChI is InChI=1S/C21H28N4O/c1-16-5-4-12-25(16)21(26)15-24-13-9-17(10-14-24)23-20-8-2-7-19-18(20)6-3-11-22-19/h2-3,6-8,11,16-17,23H,4-5,9-10,12-15H2,1H3/t16-/m1/s1. The van der Waals surface area contributed by atoms with Crippen LogP contribution >= 0.6 is 0 Å². The molecule has 2 aromatic rings. The maximum Gasteiger partial charge on any atom is 0.236 e. The Kier molecular flexibility index (Phi) is 5.07. The van der Waals surface area contributed by atoms with Crippen LogP contribution in [0, 0.1) is 0 Å². The molecular weight excluding hydrogens is 324 g/mol. The van der Waals surface area contributed by atoms with Gasteiger partial charge in [0.25, 0.3) is 0 Å². The van der Waals surface area contributed by atoms with Crippen LogP contribution in [0.2, 0.25) is 0 Å². The van der Waals surface area contributed by atoms with E-state index in [0.29, 0.717) is 24.5 Å². The lowest BCUT2D eigenvalue weighted by Crippen LogP contribution is -2.46. The summed E-state index contributed by atoms with van der Waals surface area (Å²) in [7, 11) is 0. The zero-order chi connectivity index (χ0) is 17.9. The topological polar surface area (TPSA) is 48.5 Å². The van der Waals surface area contributed by atoms with Crippen LogP contribution in [0.5, 0.6) is 0 Å². The number of pyridine rings is 1. The quantitative estimate of drug-likeness (QED) is 0.918. The van der Waals surface area contributed by atoms with Gasteiger partial charge in [-0.15, -0.1) is 0 Å². The fourth-order valence-electron chi connectivity index (χ4n) is 4.27. The first-order valence-electron chi connectivity index (χ1n) is 9.83. The number of fused-ring (bicyclic) bond motifs is 1.